The number of aromatic hydroxyl groups is 1. The number of nitrogens with one attached hydrogen (secondary N) is 2. The second-order valence-corrected chi connectivity index (χ2v) is 10.4. The topological polar surface area (TPSA) is 110 Å². The molecule has 0 aliphatic carbocycles. The molecule has 1 aliphatic rings. The number of hydrogen-bond acceptors (Lipinski definition) is 5. The lowest BCUT2D eigenvalue weighted by Crippen LogP contribution is -2.47. The van der Waals surface area contributed by atoms with Crippen LogP contribution in [0.15, 0.2) is 73.1 Å². The summed E-state index contributed by atoms with van der Waals surface area (Å²) in [6.07, 6.45) is 3.79. The molecule has 0 saturated carbocycles. The molecule has 0 unspecified atom stereocenters. The average Bonchev–Trinajstić information content (AvgIpc) is 3.62. The van der Waals surface area contributed by atoms with Crippen LogP contribution in [-0.4, -0.2) is 38.0 Å². The first-order valence-electron chi connectivity index (χ1n) is 13.3. The summed E-state index contributed by atoms with van der Waals surface area (Å²) >= 11 is 0. The number of urea groups is 1. The number of carbonyl (C=O) groups is 2. The summed E-state index contributed by atoms with van der Waals surface area (Å²) in [6.45, 7) is 6.14. The highest BCUT2D eigenvalue weighted by Gasteiger charge is 2.48. The van der Waals surface area contributed by atoms with E-state index in [-0.39, 0.29) is 25.1 Å². The van der Waals surface area contributed by atoms with Gasteiger partial charge in [-0.1, -0.05) is 36.3 Å². The number of benzene rings is 3. The number of imide groups is 1. The molecule has 6 rings (SSSR count). The van der Waals surface area contributed by atoms with Gasteiger partial charge >= 0.3 is 6.03 Å². The second-order valence-electron chi connectivity index (χ2n) is 10.4. The third-order valence-corrected chi connectivity index (χ3v) is 7.43. The van der Waals surface area contributed by atoms with Crippen molar-refractivity contribution in [3.63, 3.8) is 0 Å². The number of ether oxygens (including phenoxy) is 1. The summed E-state index contributed by atoms with van der Waals surface area (Å²) in [6, 6.07) is 18.7. The molecule has 3 N–H and O–H groups in total. The molecule has 0 bridgehead atoms. The molecule has 41 heavy (non-hydrogen) atoms. The van der Waals surface area contributed by atoms with Gasteiger partial charge in [0.1, 0.15) is 12.4 Å². The van der Waals surface area contributed by atoms with Gasteiger partial charge in [0, 0.05) is 34.6 Å². The van der Waals surface area contributed by atoms with Crippen LogP contribution in [0, 0.1) is 11.8 Å². The summed E-state index contributed by atoms with van der Waals surface area (Å²) < 4.78 is 9.15. The fourth-order valence-corrected chi connectivity index (χ4v) is 5.22. The molecule has 206 valence electrons. The van der Waals surface area contributed by atoms with Gasteiger partial charge in [-0.15, -0.1) is 5.92 Å². The summed E-state index contributed by atoms with van der Waals surface area (Å²) in [7, 11) is 0. The van der Waals surface area contributed by atoms with Crippen LogP contribution in [0.25, 0.3) is 32.8 Å². The lowest BCUT2D eigenvalue weighted by Gasteiger charge is -2.27. The fraction of sp³-hybridized carbons (Fsp3) is 0.219. The van der Waals surface area contributed by atoms with Crippen LogP contribution in [0.4, 0.5) is 4.79 Å². The molecule has 9 heteroatoms. The normalized spacial score (nSPS) is 16.6. The first-order valence-corrected chi connectivity index (χ1v) is 13.3. The summed E-state index contributed by atoms with van der Waals surface area (Å²) in [5, 5.41) is 23.3. The van der Waals surface area contributed by atoms with Gasteiger partial charge in [0.15, 0.2) is 11.4 Å². The minimum absolute atomic E-state index is 0.0116. The van der Waals surface area contributed by atoms with Crippen LogP contribution in [0.3, 0.4) is 0 Å². The first kappa shape index (κ1) is 26.0. The van der Waals surface area contributed by atoms with Crippen molar-refractivity contribution in [2.45, 2.75) is 38.9 Å². The van der Waals surface area contributed by atoms with Crippen molar-refractivity contribution < 1.29 is 19.4 Å². The standard InChI is InChI=1S/C32H29N5O4/c1-4-5-14-41-26-12-8-23-17-36(29(38)27(23)16-26)19-32(30(39)33-31(40)34-32)25-10-6-21(7-11-25)22-9-13-28-24(15-22)18-37(35-28)20(2)3/h6-13,15-18,20,38H,14,19H2,1-3H3,(H2,33,34,39,40)/t32-/m0/s1. The number of hydrogen-bond donors (Lipinski definition) is 3. The molecule has 1 fully saturated rings. The average molecular weight is 548 g/mol. The maximum Gasteiger partial charge on any atom is 0.322 e. The van der Waals surface area contributed by atoms with E-state index in [0.29, 0.717) is 16.7 Å². The van der Waals surface area contributed by atoms with Crippen molar-refractivity contribution in [1.29, 1.82) is 0 Å². The lowest BCUT2D eigenvalue weighted by molar-refractivity contribution is -0.124. The molecular formula is C32H29N5O4. The van der Waals surface area contributed by atoms with Crippen LogP contribution >= 0.6 is 0 Å². The van der Waals surface area contributed by atoms with Gasteiger partial charge in [-0.05, 0) is 67.8 Å². The lowest BCUT2D eigenvalue weighted by atomic mass is 9.88. The van der Waals surface area contributed by atoms with Gasteiger partial charge < -0.3 is 19.7 Å². The maximum atomic E-state index is 13.3. The number of nitrogens with zero attached hydrogens (tertiary/aromatic N) is 3. The third-order valence-electron chi connectivity index (χ3n) is 7.43. The Morgan fingerprint density at radius 3 is 2.49 bits per heavy atom. The van der Waals surface area contributed by atoms with Crippen molar-refractivity contribution in [1.82, 2.24) is 25.0 Å². The number of carbonyl (C=O) groups excluding carboxylic acids is 2. The van der Waals surface area contributed by atoms with Crippen molar-refractivity contribution in [2.75, 3.05) is 6.61 Å². The van der Waals surface area contributed by atoms with E-state index < -0.39 is 17.5 Å². The minimum atomic E-state index is -1.42. The molecular weight excluding hydrogens is 518 g/mol. The van der Waals surface area contributed by atoms with Crippen molar-refractivity contribution >= 4 is 33.6 Å². The SMILES string of the molecule is CC#CCOc1ccc2cn(C[C@@]3(c4ccc(-c5ccc6nn(C(C)C)cc6c5)cc4)NC(=O)NC3=O)c(O)c2c1. The van der Waals surface area contributed by atoms with Crippen LogP contribution in [0.2, 0.25) is 0 Å². The van der Waals surface area contributed by atoms with E-state index >= 15 is 0 Å². The van der Waals surface area contributed by atoms with Crippen LogP contribution in [-0.2, 0) is 16.9 Å². The number of fused-ring (bicyclic) bond motifs is 2. The van der Waals surface area contributed by atoms with Gasteiger partial charge in [0.25, 0.3) is 5.91 Å². The molecule has 1 atom stereocenters. The summed E-state index contributed by atoms with van der Waals surface area (Å²) in [5.74, 6) is 5.67. The van der Waals surface area contributed by atoms with Gasteiger partial charge in [0.2, 0.25) is 0 Å². The first-order chi connectivity index (χ1) is 19.8. The van der Waals surface area contributed by atoms with E-state index in [2.05, 4.69) is 47.5 Å². The van der Waals surface area contributed by atoms with Crippen LogP contribution in [0.5, 0.6) is 11.6 Å². The summed E-state index contributed by atoms with van der Waals surface area (Å²) in [4.78, 5) is 25.6. The quantitative estimate of drug-likeness (QED) is 0.194. The number of rotatable bonds is 7. The van der Waals surface area contributed by atoms with Crippen molar-refractivity contribution in [2.24, 2.45) is 0 Å². The Morgan fingerprint density at radius 2 is 1.78 bits per heavy atom. The van der Waals surface area contributed by atoms with Crippen molar-refractivity contribution in [3.8, 4) is 34.6 Å². The van der Waals surface area contributed by atoms with Gasteiger partial charge in [-0.25, -0.2) is 4.79 Å². The maximum absolute atomic E-state index is 13.3. The zero-order valence-electron chi connectivity index (χ0n) is 22.9. The van der Waals surface area contributed by atoms with Gasteiger partial charge in [0.05, 0.1) is 12.1 Å². The van der Waals surface area contributed by atoms with E-state index in [1.165, 1.54) is 0 Å². The van der Waals surface area contributed by atoms with Gasteiger partial charge in [-0.3, -0.25) is 14.8 Å². The molecule has 0 radical (unpaired) electrons. The monoisotopic (exact) mass is 547 g/mol. The van der Waals surface area contributed by atoms with Gasteiger partial charge in [-0.2, -0.15) is 5.10 Å². The Balaban J connectivity index is 1.33. The molecule has 3 amide bonds. The zero-order valence-corrected chi connectivity index (χ0v) is 22.9. The molecule has 3 aromatic carbocycles. The largest absolute Gasteiger partial charge is 0.494 e. The smallest absolute Gasteiger partial charge is 0.322 e. The molecule has 2 aromatic heterocycles. The molecule has 1 aliphatic heterocycles. The highest BCUT2D eigenvalue weighted by molar-refractivity contribution is 6.07. The zero-order chi connectivity index (χ0) is 28.7. The third kappa shape index (κ3) is 4.63. The Kier molecular flexibility index (Phi) is 6.39. The molecule has 9 nitrogen and oxygen atoms in total. The van der Waals surface area contributed by atoms with E-state index in [4.69, 9.17) is 4.74 Å². The minimum Gasteiger partial charge on any atom is -0.494 e. The second kappa shape index (κ2) is 10.1. The molecule has 5 aromatic rings. The fourth-order valence-electron chi connectivity index (χ4n) is 5.22. The predicted octanol–water partition coefficient (Wildman–Crippen LogP) is 5.08. The van der Waals surface area contributed by atoms with E-state index in [9.17, 15) is 14.7 Å². The Hall–Kier alpha value is -5.23. The van der Waals surface area contributed by atoms with Crippen LogP contribution < -0.4 is 15.4 Å². The Morgan fingerprint density at radius 1 is 1.00 bits per heavy atom. The van der Waals surface area contributed by atoms with E-state index in [1.807, 2.05) is 53.3 Å². The predicted molar refractivity (Wildman–Crippen MR) is 156 cm³/mol. The van der Waals surface area contributed by atoms with E-state index in [0.717, 1.165) is 27.4 Å². The van der Waals surface area contributed by atoms with Crippen LogP contribution in [0.1, 0.15) is 32.4 Å². The highest BCUT2D eigenvalue weighted by atomic mass is 16.5. The summed E-state index contributed by atoms with van der Waals surface area (Å²) in [5.41, 5.74) is 2.08. The Labute approximate surface area is 236 Å². The highest BCUT2D eigenvalue weighted by Crippen LogP contribution is 2.36. The van der Waals surface area contributed by atoms with Crippen molar-refractivity contribution in [3.05, 3.63) is 78.6 Å². The van der Waals surface area contributed by atoms with E-state index in [1.54, 1.807) is 29.8 Å². The number of aromatic nitrogens is 3. The molecule has 3 heterocycles. The Bertz CT molecular complexity index is 1870. The molecule has 1 saturated heterocycles. The number of amides is 3. The molecule has 0 spiro atoms.